The molecule has 270 valence electrons. The summed E-state index contributed by atoms with van der Waals surface area (Å²) in [4.78, 5) is 0. The molecule has 4 aromatic heterocycles. The maximum atomic E-state index is 6.25. The first kappa shape index (κ1) is 31.4. The fourth-order valence-electron chi connectivity index (χ4n) is 9.51. The molecule has 0 saturated carbocycles. The molecule has 13 aromatic rings. The number of hydrogen-bond acceptors (Lipinski definition) is 2. The summed E-state index contributed by atoms with van der Waals surface area (Å²) in [5.41, 5.74) is 15.2. The van der Waals surface area contributed by atoms with Gasteiger partial charge in [-0.2, -0.15) is 0 Å². The molecule has 0 aliphatic rings. The largest absolute Gasteiger partial charge is 0.456 e. The summed E-state index contributed by atoms with van der Waals surface area (Å²) in [5.74, 6) is 0. The molecule has 0 aliphatic heterocycles. The number of hydrogen-bond donors (Lipinski definition) is 0. The fourth-order valence-corrected chi connectivity index (χ4v) is 9.51. The van der Waals surface area contributed by atoms with E-state index in [1.165, 1.54) is 54.8 Å². The zero-order valence-corrected chi connectivity index (χ0v) is 31.2. The predicted octanol–water partition coefficient (Wildman–Crippen LogP) is 15.0. The van der Waals surface area contributed by atoms with Crippen molar-refractivity contribution in [3.8, 4) is 33.6 Å². The summed E-state index contributed by atoms with van der Waals surface area (Å²) in [6.45, 7) is 0. The Hall–Kier alpha value is -7.82. The molecule has 4 nitrogen and oxygen atoms in total. The Morgan fingerprint density at radius 2 is 0.724 bits per heavy atom. The molecular formula is C54H32N2O2. The van der Waals surface area contributed by atoms with Crippen LogP contribution in [0.25, 0.3) is 121 Å². The van der Waals surface area contributed by atoms with Gasteiger partial charge in [-0.3, -0.25) is 0 Å². The van der Waals surface area contributed by atoms with Crippen LogP contribution < -0.4 is 0 Å². The highest BCUT2D eigenvalue weighted by Gasteiger charge is 2.20. The monoisotopic (exact) mass is 740 g/mol. The van der Waals surface area contributed by atoms with E-state index in [-0.39, 0.29) is 0 Å². The summed E-state index contributed by atoms with van der Waals surface area (Å²) in [7, 11) is 0. The zero-order chi connectivity index (χ0) is 37.9. The lowest BCUT2D eigenvalue weighted by Crippen LogP contribution is -1.95. The van der Waals surface area contributed by atoms with E-state index in [0.717, 1.165) is 66.3 Å². The van der Waals surface area contributed by atoms with Gasteiger partial charge in [-0.1, -0.05) is 109 Å². The first-order chi connectivity index (χ1) is 28.7. The van der Waals surface area contributed by atoms with Crippen LogP contribution in [0.2, 0.25) is 0 Å². The minimum atomic E-state index is 0.892. The quantitative estimate of drug-likeness (QED) is 0.180. The molecule has 0 radical (unpaired) electrons. The van der Waals surface area contributed by atoms with Gasteiger partial charge in [0.1, 0.15) is 22.3 Å². The molecule has 9 aromatic carbocycles. The lowest BCUT2D eigenvalue weighted by Gasteiger charge is -2.14. The minimum absolute atomic E-state index is 0.892. The molecular weight excluding hydrogens is 709 g/mol. The van der Waals surface area contributed by atoms with Gasteiger partial charge in [0.15, 0.2) is 0 Å². The summed E-state index contributed by atoms with van der Waals surface area (Å²) >= 11 is 0. The molecule has 58 heavy (non-hydrogen) atoms. The number of fused-ring (bicyclic) bond motifs is 12. The first-order valence-electron chi connectivity index (χ1n) is 19.7. The third kappa shape index (κ3) is 4.45. The van der Waals surface area contributed by atoms with E-state index in [1.54, 1.807) is 0 Å². The maximum Gasteiger partial charge on any atom is 0.135 e. The number of aromatic nitrogens is 2. The average molecular weight is 741 g/mol. The molecule has 0 unspecified atom stereocenters. The minimum Gasteiger partial charge on any atom is -0.456 e. The van der Waals surface area contributed by atoms with Crippen molar-refractivity contribution in [3.63, 3.8) is 0 Å². The Bertz CT molecular complexity index is 3800. The second-order valence-corrected chi connectivity index (χ2v) is 15.3. The van der Waals surface area contributed by atoms with Crippen molar-refractivity contribution >= 4 is 87.5 Å². The van der Waals surface area contributed by atoms with Crippen LogP contribution in [-0.2, 0) is 0 Å². The van der Waals surface area contributed by atoms with Gasteiger partial charge in [-0.25, -0.2) is 0 Å². The topological polar surface area (TPSA) is 36.1 Å². The Labute approximate surface area is 332 Å². The number of furan rings is 2. The van der Waals surface area contributed by atoms with Crippen LogP contribution in [-0.4, -0.2) is 9.13 Å². The van der Waals surface area contributed by atoms with Gasteiger partial charge >= 0.3 is 0 Å². The second kappa shape index (κ2) is 11.8. The average Bonchev–Trinajstić information content (AvgIpc) is 4.03. The summed E-state index contributed by atoms with van der Waals surface area (Å²) in [6, 6.07) is 69.8. The molecule has 13 rings (SSSR count). The molecule has 0 spiro atoms. The van der Waals surface area contributed by atoms with E-state index in [2.05, 4.69) is 179 Å². The Kier molecular flexibility index (Phi) is 6.41. The van der Waals surface area contributed by atoms with Gasteiger partial charge in [0, 0.05) is 54.5 Å². The Morgan fingerprint density at radius 3 is 1.34 bits per heavy atom. The normalized spacial score (nSPS) is 12.1. The number of para-hydroxylation sites is 4. The van der Waals surface area contributed by atoms with Gasteiger partial charge in [0.05, 0.1) is 22.1 Å². The molecule has 0 atom stereocenters. The van der Waals surface area contributed by atoms with Crippen LogP contribution in [0.1, 0.15) is 0 Å². The van der Waals surface area contributed by atoms with Gasteiger partial charge in [0.2, 0.25) is 0 Å². The highest BCUT2D eigenvalue weighted by Crippen LogP contribution is 2.44. The van der Waals surface area contributed by atoms with Crippen molar-refractivity contribution in [2.24, 2.45) is 0 Å². The van der Waals surface area contributed by atoms with E-state index in [9.17, 15) is 0 Å². The fraction of sp³-hybridized carbons (Fsp3) is 0. The lowest BCUT2D eigenvalue weighted by atomic mass is 9.92. The highest BCUT2D eigenvalue weighted by molar-refractivity contribution is 6.15. The Morgan fingerprint density at radius 1 is 0.259 bits per heavy atom. The van der Waals surface area contributed by atoms with Gasteiger partial charge in [-0.05, 0) is 107 Å². The highest BCUT2D eigenvalue weighted by atomic mass is 16.3. The Balaban J connectivity index is 1.07. The van der Waals surface area contributed by atoms with Crippen molar-refractivity contribution in [2.45, 2.75) is 0 Å². The van der Waals surface area contributed by atoms with Crippen LogP contribution in [0.5, 0.6) is 0 Å². The van der Waals surface area contributed by atoms with E-state index in [1.807, 2.05) is 24.3 Å². The van der Waals surface area contributed by atoms with E-state index >= 15 is 0 Å². The van der Waals surface area contributed by atoms with E-state index in [4.69, 9.17) is 8.83 Å². The molecule has 4 heterocycles. The summed E-state index contributed by atoms with van der Waals surface area (Å²) < 4.78 is 17.3. The third-order valence-corrected chi connectivity index (χ3v) is 12.1. The van der Waals surface area contributed by atoms with E-state index in [0.29, 0.717) is 0 Å². The van der Waals surface area contributed by atoms with Crippen molar-refractivity contribution in [2.75, 3.05) is 0 Å². The van der Waals surface area contributed by atoms with E-state index < -0.39 is 0 Å². The molecule has 0 bridgehead atoms. The van der Waals surface area contributed by atoms with Crippen LogP contribution in [0.3, 0.4) is 0 Å². The lowest BCUT2D eigenvalue weighted by molar-refractivity contribution is 0.668. The van der Waals surface area contributed by atoms with Crippen LogP contribution in [0.4, 0.5) is 0 Å². The molecule has 0 saturated heterocycles. The first-order valence-corrected chi connectivity index (χ1v) is 19.7. The molecule has 0 N–H and O–H groups in total. The van der Waals surface area contributed by atoms with Crippen molar-refractivity contribution in [1.82, 2.24) is 9.13 Å². The SMILES string of the molecule is c1ccc(-c2cc3c4ccccc4n(-c4ccc5oc6ccccc6c5c4)c3cc2-c2ccc3c(c2)c2ccccc2n3-c2ccc3oc4ccccc4c3c2)cc1. The van der Waals surface area contributed by atoms with Gasteiger partial charge in [-0.15, -0.1) is 0 Å². The predicted molar refractivity (Wildman–Crippen MR) is 241 cm³/mol. The van der Waals surface area contributed by atoms with Crippen molar-refractivity contribution < 1.29 is 8.83 Å². The number of nitrogens with zero attached hydrogens (tertiary/aromatic N) is 2. The van der Waals surface area contributed by atoms with Gasteiger partial charge in [0.25, 0.3) is 0 Å². The zero-order valence-electron chi connectivity index (χ0n) is 31.2. The number of rotatable bonds is 4. The molecule has 0 fully saturated rings. The van der Waals surface area contributed by atoms with Crippen LogP contribution >= 0.6 is 0 Å². The number of benzene rings is 9. The summed E-state index contributed by atoms with van der Waals surface area (Å²) in [5, 5.41) is 9.35. The molecule has 0 amide bonds. The summed E-state index contributed by atoms with van der Waals surface area (Å²) in [6.07, 6.45) is 0. The van der Waals surface area contributed by atoms with Gasteiger partial charge < -0.3 is 18.0 Å². The standard InChI is InChI=1S/C54H32N2O2/c1-2-12-33(13-3-1)41-31-44-38-15-5-9-19-48(38)56(36-24-27-54-46(30-36)40-17-7-11-21-52(40)58-54)50(44)32-42(41)34-22-25-49-43(28-34)37-14-4-8-18-47(37)55(49)35-23-26-53-45(29-35)39-16-6-10-20-51(39)57-53/h1-32H. The molecule has 4 heteroatoms. The maximum absolute atomic E-state index is 6.25. The molecule has 0 aliphatic carbocycles. The third-order valence-electron chi connectivity index (χ3n) is 12.1. The smallest absolute Gasteiger partial charge is 0.135 e. The van der Waals surface area contributed by atoms with Crippen LogP contribution in [0, 0.1) is 0 Å². The van der Waals surface area contributed by atoms with Crippen LogP contribution in [0.15, 0.2) is 203 Å². The van der Waals surface area contributed by atoms with Crippen molar-refractivity contribution in [3.05, 3.63) is 194 Å². The second-order valence-electron chi connectivity index (χ2n) is 15.3. The van der Waals surface area contributed by atoms with Crippen molar-refractivity contribution in [1.29, 1.82) is 0 Å².